The molecule has 0 radical (unpaired) electrons. The van der Waals surface area contributed by atoms with Crippen LogP contribution in [0.2, 0.25) is 0 Å². The number of rotatable bonds is 8. The van der Waals surface area contributed by atoms with Gasteiger partial charge >= 0.3 is 5.97 Å². The number of carbonyl (C=O) groups excluding carboxylic acids is 2. The summed E-state index contributed by atoms with van der Waals surface area (Å²) in [6, 6.07) is 14.8. The van der Waals surface area contributed by atoms with E-state index in [9.17, 15) is 9.59 Å². The Morgan fingerprint density at radius 1 is 1.12 bits per heavy atom. The average molecular weight is 420 g/mol. The molecule has 0 spiro atoms. The van der Waals surface area contributed by atoms with E-state index in [2.05, 4.69) is 35.1 Å². The molecule has 1 N–H and O–H groups in total. The number of anilines is 1. The van der Waals surface area contributed by atoms with Gasteiger partial charge in [0, 0.05) is 10.2 Å². The summed E-state index contributed by atoms with van der Waals surface area (Å²) in [7, 11) is 0. The van der Waals surface area contributed by atoms with Crippen molar-refractivity contribution in [3.05, 3.63) is 58.6 Å². The lowest BCUT2D eigenvalue weighted by molar-refractivity contribution is -0.149. The predicted molar refractivity (Wildman–Crippen MR) is 104 cm³/mol. The van der Waals surface area contributed by atoms with Crippen molar-refractivity contribution in [2.75, 3.05) is 18.5 Å². The van der Waals surface area contributed by atoms with Crippen LogP contribution in [0.1, 0.15) is 31.7 Å². The number of nitrogens with one attached hydrogen (secondary N) is 1. The van der Waals surface area contributed by atoms with Crippen molar-refractivity contribution in [1.82, 2.24) is 0 Å². The zero-order valence-electron chi connectivity index (χ0n) is 14.8. The van der Waals surface area contributed by atoms with Crippen LogP contribution in [0.5, 0.6) is 5.75 Å². The molecule has 0 aromatic heterocycles. The second-order valence-corrected chi connectivity index (χ2v) is 6.80. The second-order valence-electron chi connectivity index (χ2n) is 5.89. The van der Waals surface area contributed by atoms with Gasteiger partial charge in [0.25, 0.3) is 5.91 Å². The summed E-state index contributed by atoms with van der Waals surface area (Å²) in [5.74, 6) is 0.0254. The predicted octanol–water partition coefficient (Wildman–Crippen LogP) is 4.52. The van der Waals surface area contributed by atoms with Gasteiger partial charge in [0.15, 0.2) is 13.2 Å². The quantitative estimate of drug-likeness (QED) is 0.638. The molecule has 2 aromatic carbocycles. The molecule has 0 aliphatic heterocycles. The third kappa shape index (κ3) is 6.52. The maximum Gasteiger partial charge on any atom is 0.344 e. The van der Waals surface area contributed by atoms with Crippen molar-refractivity contribution >= 4 is 33.5 Å². The van der Waals surface area contributed by atoms with Gasteiger partial charge < -0.3 is 14.8 Å². The summed E-state index contributed by atoms with van der Waals surface area (Å²) < 4.78 is 11.1. The molecule has 0 aliphatic rings. The van der Waals surface area contributed by atoms with E-state index in [4.69, 9.17) is 9.47 Å². The van der Waals surface area contributed by atoms with Crippen LogP contribution < -0.4 is 10.1 Å². The molecule has 0 aliphatic carbocycles. The smallest absolute Gasteiger partial charge is 0.344 e. The van der Waals surface area contributed by atoms with Gasteiger partial charge in [0.05, 0.1) is 0 Å². The molecule has 0 heterocycles. The van der Waals surface area contributed by atoms with Crippen molar-refractivity contribution in [2.24, 2.45) is 0 Å². The van der Waals surface area contributed by atoms with Crippen molar-refractivity contribution in [2.45, 2.75) is 26.2 Å². The average Bonchev–Trinajstić information content (AvgIpc) is 2.64. The highest BCUT2D eigenvalue weighted by Crippen LogP contribution is 2.20. The van der Waals surface area contributed by atoms with Crippen molar-refractivity contribution in [1.29, 1.82) is 0 Å². The number of hydrogen-bond donors (Lipinski definition) is 1. The number of carbonyl (C=O) groups is 2. The molecule has 2 rings (SSSR count). The van der Waals surface area contributed by atoms with Crippen LogP contribution in [0.15, 0.2) is 53.0 Å². The Labute approximate surface area is 161 Å². The first-order valence-electron chi connectivity index (χ1n) is 8.41. The molecule has 0 bridgehead atoms. The Hall–Kier alpha value is -2.34. The molecule has 6 heteroatoms. The summed E-state index contributed by atoms with van der Waals surface area (Å²) in [6.07, 6.45) is 1.06. The van der Waals surface area contributed by atoms with E-state index in [1.54, 1.807) is 18.2 Å². The van der Waals surface area contributed by atoms with Gasteiger partial charge in [-0.3, -0.25) is 4.79 Å². The maximum absolute atomic E-state index is 11.9. The van der Waals surface area contributed by atoms with Crippen molar-refractivity contribution in [3.8, 4) is 5.75 Å². The third-order valence-electron chi connectivity index (χ3n) is 3.89. The van der Waals surface area contributed by atoms with E-state index in [1.807, 2.05) is 30.3 Å². The van der Waals surface area contributed by atoms with Gasteiger partial charge in [0.1, 0.15) is 5.75 Å². The molecule has 138 valence electrons. The van der Waals surface area contributed by atoms with E-state index in [-0.39, 0.29) is 13.2 Å². The minimum atomic E-state index is -0.604. The summed E-state index contributed by atoms with van der Waals surface area (Å²) in [5, 5.41) is 2.70. The Balaban J connectivity index is 1.73. The Morgan fingerprint density at radius 2 is 1.85 bits per heavy atom. The topological polar surface area (TPSA) is 64.6 Å². The van der Waals surface area contributed by atoms with Crippen LogP contribution >= 0.6 is 15.9 Å². The first-order chi connectivity index (χ1) is 12.5. The van der Waals surface area contributed by atoms with E-state index in [0.29, 0.717) is 17.4 Å². The minimum Gasteiger partial charge on any atom is -0.482 e. The molecule has 2 aromatic rings. The second kappa shape index (κ2) is 9.97. The summed E-state index contributed by atoms with van der Waals surface area (Å²) in [6.45, 7) is 3.68. The normalized spacial score (nSPS) is 11.5. The highest BCUT2D eigenvalue weighted by atomic mass is 79.9. The van der Waals surface area contributed by atoms with Gasteiger partial charge in [-0.2, -0.15) is 0 Å². The fourth-order valence-corrected chi connectivity index (χ4v) is 2.59. The van der Waals surface area contributed by atoms with Gasteiger partial charge in [-0.15, -0.1) is 0 Å². The number of benzene rings is 2. The third-order valence-corrected chi connectivity index (χ3v) is 4.39. The SMILES string of the molecule is CC[C@H](C)c1ccc(NC(=O)COC(=O)COc2cccc(Br)c2)cc1. The number of hydrogen-bond acceptors (Lipinski definition) is 4. The molecule has 1 amide bonds. The van der Waals surface area contributed by atoms with E-state index < -0.39 is 11.9 Å². The number of amides is 1. The number of halogens is 1. The Kier molecular flexibility index (Phi) is 7.66. The number of ether oxygens (including phenoxy) is 2. The molecule has 0 saturated carbocycles. The largest absolute Gasteiger partial charge is 0.482 e. The zero-order valence-corrected chi connectivity index (χ0v) is 16.4. The molecule has 0 fully saturated rings. The molecule has 26 heavy (non-hydrogen) atoms. The standard InChI is InChI=1S/C20H22BrNO4/c1-3-14(2)15-7-9-17(10-8-15)22-19(23)12-26-20(24)13-25-18-6-4-5-16(21)11-18/h4-11,14H,3,12-13H2,1-2H3,(H,22,23)/t14-/m0/s1. The fraction of sp³-hybridized carbons (Fsp3) is 0.300. The van der Waals surface area contributed by atoms with Crippen LogP contribution in [0.25, 0.3) is 0 Å². The van der Waals surface area contributed by atoms with Gasteiger partial charge in [0.2, 0.25) is 0 Å². The lowest BCUT2D eigenvalue weighted by Crippen LogP contribution is -2.23. The number of esters is 1. The van der Waals surface area contributed by atoms with Crippen molar-refractivity contribution in [3.63, 3.8) is 0 Å². The molecular weight excluding hydrogens is 398 g/mol. The Morgan fingerprint density at radius 3 is 2.50 bits per heavy atom. The molecular formula is C20H22BrNO4. The highest BCUT2D eigenvalue weighted by molar-refractivity contribution is 9.10. The maximum atomic E-state index is 11.9. The monoisotopic (exact) mass is 419 g/mol. The van der Waals surface area contributed by atoms with Crippen LogP contribution in [-0.2, 0) is 14.3 Å². The van der Waals surface area contributed by atoms with Gasteiger partial charge in [-0.25, -0.2) is 4.79 Å². The van der Waals surface area contributed by atoms with E-state index in [1.165, 1.54) is 5.56 Å². The summed E-state index contributed by atoms with van der Waals surface area (Å²) in [5.41, 5.74) is 1.89. The van der Waals surface area contributed by atoms with Crippen molar-refractivity contribution < 1.29 is 19.1 Å². The van der Waals surface area contributed by atoms with E-state index in [0.717, 1.165) is 10.9 Å². The lowest BCUT2D eigenvalue weighted by Gasteiger charge is -2.11. The van der Waals surface area contributed by atoms with Gasteiger partial charge in [-0.05, 0) is 48.2 Å². The molecule has 0 saturated heterocycles. The summed E-state index contributed by atoms with van der Waals surface area (Å²) in [4.78, 5) is 23.5. The summed E-state index contributed by atoms with van der Waals surface area (Å²) >= 11 is 3.32. The van der Waals surface area contributed by atoms with Gasteiger partial charge in [-0.1, -0.05) is 48.0 Å². The van der Waals surface area contributed by atoms with Crippen LogP contribution in [0, 0.1) is 0 Å². The van der Waals surface area contributed by atoms with Crippen LogP contribution in [0.4, 0.5) is 5.69 Å². The minimum absolute atomic E-state index is 0.257. The molecule has 0 unspecified atom stereocenters. The lowest BCUT2D eigenvalue weighted by atomic mass is 9.99. The fourth-order valence-electron chi connectivity index (χ4n) is 2.21. The molecule has 5 nitrogen and oxygen atoms in total. The van der Waals surface area contributed by atoms with E-state index >= 15 is 0 Å². The van der Waals surface area contributed by atoms with Crippen LogP contribution in [0.3, 0.4) is 0 Å². The zero-order chi connectivity index (χ0) is 18.9. The first kappa shape index (κ1) is 20.0. The molecule has 1 atom stereocenters. The Bertz CT molecular complexity index is 746. The highest BCUT2D eigenvalue weighted by Gasteiger charge is 2.09. The first-order valence-corrected chi connectivity index (χ1v) is 9.21. The van der Waals surface area contributed by atoms with Crippen LogP contribution in [-0.4, -0.2) is 25.1 Å².